The summed E-state index contributed by atoms with van der Waals surface area (Å²) in [4.78, 5) is 11.1. The Morgan fingerprint density at radius 1 is 1.38 bits per heavy atom. The van der Waals surface area contributed by atoms with E-state index in [1.54, 1.807) is 7.11 Å². The maximum Gasteiger partial charge on any atom is 0.151 e. The third-order valence-electron chi connectivity index (χ3n) is 3.59. The molecule has 0 atom stereocenters. The fraction of sp³-hybridized carbons (Fsp3) is 0.421. The first kappa shape index (κ1) is 17.0. The molecule has 1 aromatic rings. The van der Waals surface area contributed by atoms with Crippen molar-refractivity contribution in [1.29, 1.82) is 0 Å². The van der Waals surface area contributed by atoms with Crippen LogP contribution in [0.1, 0.15) is 54.6 Å². The number of ether oxygens (including phenoxy) is 1. The minimum Gasteiger partial charge on any atom is -0.496 e. The van der Waals surface area contributed by atoms with Gasteiger partial charge in [0.2, 0.25) is 0 Å². The van der Waals surface area contributed by atoms with Gasteiger partial charge in [0.25, 0.3) is 0 Å². The van der Waals surface area contributed by atoms with Crippen molar-refractivity contribution in [1.82, 2.24) is 0 Å². The van der Waals surface area contributed by atoms with E-state index < -0.39 is 0 Å². The van der Waals surface area contributed by atoms with Crippen LogP contribution in [0.2, 0.25) is 0 Å². The third kappa shape index (κ3) is 5.11. The Labute approximate surface area is 128 Å². The smallest absolute Gasteiger partial charge is 0.151 e. The highest BCUT2D eigenvalue weighted by atomic mass is 16.5. The number of hydrogen-bond acceptors (Lipinski definition) is 2. The van der Waals surface area contributed by atoms with Crippen molar-refractivity contribution in [3.63, 3.8) is 0 Å². The number of carbonyl (C=O) groups excluding carboxylic acids is 1. The zero-order chi connectivity index (χ0) is 15.9. The van der Waals surface area contributed by atoms with Gasteiger partial charge < -0.3 is 4.74 Å². The Bertz CT molecular complexity index is 571. The van der Waals surface area contributed by atoms with Crippen molar-refractivity contribution < 1.29 is 9.53 Å². The summed E-state index contributed by atoms with van der Waals surface area (Å²) < 4.78 is 5.28. The Morgan fingerprint density at radius 2 is 2.10 bits per heavy atom. The van der Waals surface area contributed by atoms with E-state index in [1.807, 2.05) is 25.1 Å². The van der Waals surface area contributed by atoms with E-state index in [4.69, 9.17) is 4.74 Å². The van der Waals surface area contributed by atoms with E-state index >= 15 is 0 Å². The first-order chi connectivity index (χ1) is 9.93. The largest absolute Gasteiger partial charge is 0.496 e. The molecule has 21 heavy (non-hydrogen) atoms. The minimum atomic E-state index is 0.155. The van der Waals surface area contributed by atoms with Gasteiger partial charge in [-0.25, -0.2) is 0 Å². The Kier molecular flexibility index (Phi) is 6.24. The van der Waals surface area contributed by atoms with Crippen molar-refractivity contribution >= 4 is 6.29 Å². The molecule has 0 saturated carbocycles. The lowest BCUT2D eigenvalue weighted by atomic mass is 9.87. The molecule has 2 heteroatoms. The number of allylic oxidation sites excluding steroid dienone is 1. The molecule has 0 aliphatic heterocycles. The zero-order valence-corrected chi connectivity index (χ0v) is 13.5. The predicted molar refractivity (Wildman–Crippen MR) is 87.8 cm³/mol. The summed E-state index contributed by atoms with van der Waals surface area (Å²) in [5, 5.41) is 0. The van der Waals surface area contributed by atoms with E-state index in [0.29, 0.717) is 5.56 Å². The molecule has 0 aliphatic rings. The molecule has 0 bridgehead atoms. The monoisotopic (exact) mass is 284 g/mol. The van der Waals surface area contributed by atoms with Crippen LogP contribution in [0.15, 0.2) is 24.8 Å². The van der Waals surface area contributed by atoms with Crippen LogP contribution in [0.4, 0.5) is 0 Å². The average molecular weight is 284 g/mol. The van der Waals surface area contributed by atoms with Crippen LogP contribution in [0.5, 0.6) is 5.75 Å². The van der Waals surface area contributed by atoms with Gasteiger partial charge in [-0.05, 0) is 42.9 Å². The lowest BCUT2D eigenvalue weighted by Crippen LogP contribution is -2.05. The molecular formula is C19H24O2. The number of benzene rings is 1. The average Bonchev–Trinajstić information content (AvgIpc) is 2.47. The van der Waals surface area contributed by atoms with Crippen LogP contribution in [-0.4, -0.2) is 13.4 Å². The van der Waals surface area contributed by atoms with Gasteiger partial charge in [0, 0.05) is 17.5 Å². The van der Waals surface area contributed by atoms with E-state index in [0.717, 1.165) is 42.4 Å². The van der Waals surface area contributed by atoms with Crippen LogP contribution >= 0.6 is 0 Å². The molecule has 0 saturated heterocycles. The standard InChI is InChI=1S/C19H24O2/c1-6-19(3,4)11-9-7-8-10-16-13-18(21-5)15(2)12-17(16)14-20/h6,12-14H,1,7,9,11H2,2-5H3. The van der Waals surface area contributed by atoms with Crippen molar-refractivity contribution in [2.24, 2.45) is 5.41 Å². The number of hydrogen-bond donors (Lipinski definition) is 0. The highest BCUT2D eigenvalue weighted by Crippen LogP contribution is 2.24. The lowest BCUT2D eigenvalue weighted by molar-refractivity contribution is 0.112. The van der Waals surface area contributed by atoms with Crippen LogP contribution in [0, 0.1) is 24.2 Å². The van der Waals surface area contributed by atoms with E-state index in [-0.39, 0.29) is 5.41 Å². The summed E-state index contributed by atoms with van der Waals surface area (Å²) >= 11 is 0. The third-order valence-corrected chi connectivity index (χ3v) is 3.59. The maximum absolute atomic E-state index is 11.1. The normalized spacial score (nSPS) is 10.5. The summed E-state index contributed by atoms with van der Waals surface area (Å²) in [5.41, 5.74) is 2.45. The van der Waals surface area contributed by atoms with E-state index in [2.05, 4.69) is 32.3 Å². The molecule has 0 aliphatic carbocycles. The molecule has 1 aromatic carbocycles. The Morgan fingerprint density at radius 3 is 2.67 bits per heavy atom. The molecule has 0 amide bonds. The molecule has 0 fully saturated rings. The summed E-state index contributed by atoms with van der Waals surface area (Å²) in [6, 6.07) is 3.65. The molecule has 1 rings (SSSR count). The van der Waals surface area contributed by atoms with Crippen molar-refractivity contribution in [2.45, 2.75) is 40.0 Å². The lowest BCUT2D eigenvalue weighted by Gasteiger charge is -2.18. The number of methoxy groups -OCH3 is 1. The molecule has 112 valence electrons. The second-order valence-electron chi connectivity index (χ2n) is 5.87. The first-order valence-corrected chi connectivity index (χ1v) is 7.20. The number of aryl methyl sites for hydroxylation is 1. The summed E-state index contributed by atoms with van der Waals surface area (Å²) in [6.07, 6.45) is 5.72. The van der Waals surface area contributed by atoms with Gasteiger partial charge in [0.15, 0.2) is 6.29 Å². The number of aldehydes is 1. The van der Waals surface area contributed by atoms with Gasteiger partial charge in [-0.2, -0.15) is 0 Å². The van der Waals surface area contributed by atoms with Gasteiger partial charge >= 0.3 is 0 Å². The number of unbranched alkanes of at least 4 members (excludes halogenated alkanes) is 1. The topological polar surface area (TPSA) is 26.3 Å². The van der Waals surface area contributed by atoms with Crippen LogP contribution in [-0.2, 0) is 0 Å². The van der Waals surface area contributed by atoms with Gasteiger partial charge in [-0.15, -0.1) is 6.58 Å². The highest BCUT2D eigenvalue weighted by Gasteiger charge is 2.11. The molecule has 0 radical (unpaired) electrons. The van der Waals surface area contributed by atoms with E-state index in [9.17, 15) is 4.79 Å². The molecule has 0 aromatic heterocycles. The number of carbonyl (C=O) groups is 1. The number of rotatable bonds is 6. The van der Waals surface area contributed by atoms with Crippen LogP contribution < -0.4 is 4.74 Å². The molecule has 2 nitrogen and oxygen atoms in total. The van der Waals surface area contributed by atoms with Crippen molar-refractivity contribution in [3.05, 3.63) is 41.5 Å². The molecule has 0 unspecified atom stereocenters. The molecule has 0 spiro atoms. The minimum absolute atomic E-state index is 0.155. The van der Waals surface area contributed by atoms with Gasteiger partial charge in [-0.1, -0.05) is 31.8 Å². The second-order valence-corrected chi connectivity index (χ2v) is 5.87. The summed E-state index contributed by atoms with van der Waals surface area (Å²) in [6.45, 7) is 10.1. The van der Waals surface area contributed by atoms with Crippen LogP contribution in [0.3, 0.4) is 0 Å². The molecule has 0 N–H and O–H groups in total. The first-order valence-electron chi connectivity index (χ1n) is 7.20. The second kappa shape index (κ2) is 7.69. The molecule has 0 heterocycles. The zero-order valence-electron chi connectivity index (χ0n) is 13.5. The Balaban J connectivity index is 2.77. The summed E-state index contributed by atoms with van der Waals surface area (Å²) in [5.74, 6) is 6.99. The maximum atomic E-state index is 11.1. The highest BCUT2D eigenvalue weighted by molar-refractivity contribution is 5.80. The predicted octanol–water partition coefficient (Wildman–Crippen LogP) is 4.55. The fourth-order valence-corrected chi connectivity index (χ4v) is 2.03. The molecular weight excluding hydrogens is 260 g/mol. The van der Waals surface area contributed by atoms with Crippen molar-refractivity contribution in [2.75, 3.05) is 7.11 Å². The van der Waals surface area contributed by atoms with Gasteiger partial charge in [-0.3, -0.25) is 4.79 Å². The SMILES string of the molecule is C=CC(C)(C)CCCC#Cc1cc(OC)c(C)cc1C=O. The summed E-state index contributed by atoms with van der Waals surface area (Å²) in [7, 11) is 1.62. The quantitative estimate of drug-likeness (QED) is 0.331. The van der Waals surface area contributed by atoms with Gasteiger partial charge in [0.05, 0.1) is 7.11 Å². The van der Waals surface area contributed by atoms with Crippen LogP contribution in [0.25, 0.3) is 0 Å². The van der Waals surface area contributed by atoms with Gasteiger partial charge in [0.1, 0.15) is 5.75 Å². The van der Waals surface area contributed by atoms with Crippen molar-refractivity contribution in [3.8, 4) is 17.6 Å². The fourth-order valence-electron chi connectivity index (χ4n) is 2.03. The van der Waals surface area contributed by atoms with E-state index in [1.165, 1.54) is 0 Å². The Hall–Kier alpha value is -2.01.